The van der Waals surface area contributed by atoms with Gasteiger partial charge in [-0.25, -0.2) is 0 Å². The third-order valence-corrected chi connectivity index (χ3v) is 3.97. The first-order valence-corrected chi connectivity index (χ1v) is 7.44. The lowest BCUT2D eigenvalue weighted by Crippen LogP contribution is -2.32. The molecule has 23 heavy (non-hydrogen) atoms. The van der Waals surface area contributed by atoms with Gasteiger partial charge in [-0.3, -0.25) is 9.59 Å². The zero-order chi connectivity index (χ0) is 17.2. The first-order valence-electron chi connectivity index (χ1n) is 7.44. The molecule has 0 aromatic heterocycles. The third kappa shape index (κ3) is 3.48. The van der Waals surface area contributed by atoms with Crippen LogP contribution in [0, 0.1) is 11.8 Å². The maximum Gasteiger partial charge on any atom is 0.416 e. The minimum atomic E-state index is -4.48. The van der Waals surface area contributed by atoms with E-state index in [9.17, 15) is 22.8 Å². The van der Waals surface area contributed by atoms with Gasteiger partial charge < -0.3 is 9.64 Å². The molecule has 2 rings (SSSR count). The number of hydrogen-bond donors (Lipinski definition) is 0. The third-order valence-electron chi connectivity index (χ3n) is 3.97. The molecule has 0 saturated carbocycles. The van der Waals surface area contributed by atoms with Gasteiger partial charge in [-0.05, 0) is 31.0 Å². The van der Waals surface area contributed by atoms with E-state index in [0.29, 0.717) is 6.42 Å². The number of alkyl halides is 3. The number of benzene rings is 1. The summed E-state index contributed by atoms with van der Waals surface area (Å²) < 4.78 is 43.4. The first kappa shape index (κ1) is 17.3. The Balaban J connectivity index is 2.31. The van der Waals surface area contributed by atoms with Gasteiger partial charge in [0.1, 0.15) is 5.92 Å². The van der Waals surface area contributed by atoms with Gasteiger partial charge in [0.15, 0.2) is 0 Å². The highest BCUT2D eigenvalue weighted by Gasteiger charge is 2.45. The Morgan fingerprint density at radius 3 is 2.61 bits per heavy atom. The van der Waals surface area contributed by atoms with Gasteiger partial charge in [0, 0.05) is 12.2 Å². The fourth-order valence-electron chi connectivity index (χ4n) is 2.77. The number of carbonyl (C=O) groups is 2. The normalized spacial score (nSPS) is 21.6. The fourth-order valence-corrected chi connectivity index (χ4v) is 2.77. The van der Waals surface area contributed by atoms with Gasteiger partial charge in [0.05, 0.1) is 12.2 Å². The van der Waals surface area contributed by atoms with Crippen LogP contribution in [0.3, 0.4) is 0 Å². The van der Waals surface area contributed by atoms with E-state index < -0.39 is 29.5 Å². The van der Waals surface area contributed by atoms with Crippen molar-refractivity contribution in [1.82, 2.24) is 0 Å². The van der Waals surface area contributed by atoms with Gasteiger partial charge in [-0.1, -0.05) is 19.4 Å². The van der Waals surface area contributed by atoms with Crippen LogP contribution in [0.15, 0.2) is 24.3 Å². The molecule has 2 unspecified atom stereocenters. The van der Waals surface area contributed by atoms with Gasteiger partial charge in [-0.15, -0.1) is 0 Å². The van der Waals surface area contributed by atoms with Crippen molar-refractivity contribution in [3.05, 3.63) is 29.8 Å². The lowest BCUT2D eigenvalue weighted by molar-refractivity contribution is -0.152. The Morgan fingerprint density at radius 2 is 2.04 bits per heavy atom. The molecule has 0 N–H and O–H groups in total. The molecule has 0 radical (unpaired) electrons. The zero-order valence-corrected chi connectivity index (χ0v) is 12.9. The van der Waals surface area contributed by atoms with Crippen molar-refractivity contribution in [2.24, 2.45) is 11.8 Å². The minimum Gasteiger partial charge on any atom is -0.465 e. The number of ether oxygens (including phenoxy) is 1. The molecule has 1 aromatic rings. The van der Waals surface area contributed by atoms with Crippen molar-refractivity contribution in [2.75, 3.05) is 18.1 Å². The Labute approximate surface area is 132 Å². The number of rotatable bonds is 4. The van der Waals surface area contributed by atoms with Crippen LogP contribution in [0.1, 0.15) is 25.8 Å². The van der Waals surface area contributed by atoms with Crippen LogP contribution in [0.2, 0.25) is 0 Å². The molecule has 1 saturated heterocycles. The van der Waals surface area contributed by atoms with Gasteiger partial charge in [0.25, 0.3) is 0 Å². The minimum absolute atomic E-state index is 0.148. The van der Waals surface area contributed by atoms with E-state index in [1.807, 2.05) is 6.92 Å². The van der Waals surface area contributed by atoms with Crippen LogP contribution < -0.4 is 4.90 Å². The molecule has 2 atom stereocenters. The fraction of sp³-hybridized carbons (Fsp3) is 0.500. The summed E-state index contributed by atoms with van der Waals surface area (Å²) in [6, 6.07) is 4.57. The number of nitrogens with zero attached hydrogens (tertiary/aromatic N) is 1. The number of amides is 1. The van der Waals surface area contributed by atoms with Gasteiger partial charge >= 0.3 is 12.1 Å². The molecule has 126 valence electrons. The second-order valence-electron chi connectivity index (χ2n) is 5.39. The highest BCUT2D eigenvalue weighted by molar-refractivity contribution is 6.08. The van der Waals surface area contributed by atoms with Crippen LogP contribution >= 0.6 is 0 Å². The van der Waals surface area contributed by atoms with Crippen LogP contribution in [-0.4, -0.2) is 25.0 Å². The van der Waals surface area contributed by atoms with Crippen LogP contribution in [0.4, 0.5) is 18.9 Å². The lowest BCUT2D eigenvalue weighted by Gasteiger charge is -2.18. The molecular formula is C16H18F3NO3. The van der Waals surface area contributed by atoms with Crippen LogP contribution in [0.25, 0.3) is 0 Å². The first-order chi connectivity index (χ1) is 10.8. The van der Waals surface area contributed by atoms with Crippen molar-refractivity contribution in [2.45, 2.75) is 26.4 Å². The summed E-state index contributed by atoms with van der Waals surface area (Å²) in [6.45, 7) is 3.84. The van der Waals surface area contributed by atoms with Gasteiger partial charge in [0.2, 0.25) is 5.91 Å². The Morgan fingerprint density at radius 1 is 1.35 bits per heavy atom. The highest BCUT2D eigenvalue weighted by Crippen LogP contribution is 2.36. The predicted molar refractivity (Wildman–Crippen MR) is 77.7 cm³/mol. The Bertz CT molecular complexity index is 600. The molecule has 4 nitrogen and oxygen atoms in total. The van der Waals surface area contributed by atoms with Crippen molar-refractivity contribution < 1.29 is 27.5 Å². The summed E-state index contributed by atoms with van der Waals surface area (Å²) >= 11 is 0. The lowest BCUT2D eigenvalue weighted by atomic mass is 9.93. The Kier molecular flexibility index (Phi) is 4.97. The Hall–Kier alpha value is -2.05. The van der Waals surface area contributed by atoms with E-state index in [4.69, 9.17) is 4.74 Å². The molecular weight excluding hydrogens is 311 g/mol. The number of hydrogen-bond acceptors (Lipinski definition) is 3. The smallest absolute Gasteiger partial charge is 0.416 e. The van der Waals surface area contributed by atoms with E-state index in [1.54, 1.807) is 6.92 Å². The second kappa shape index (κ2) is 6.60. The number of anilines is 1. The zero-order valence-electron chi connectivity index (χ0n) is 12.9. The van der Waals surface area contributed by atoms with Crippen molar-refractivity contribution in [3.8, 4) is 0 Å². The van der Waals surface area contributed by atoms with E-state index in [2.05, 4.69) is 0 Å². The monoisotopic (exact) mass is 329 g/mol. The molecule has 0 aliphatic carbocycles. The summed E-state index contributed by atoms with van der Waals surface area (Å²) in [5.74, 6) is -2.33. The average Bonchev–Trinajstić information content (AvgIpc) is 2.83. The summed E-state index contributed by atoms with van der Waals surface area (Å²) in [4.78, 5) is 25.7. The van der Waals surface area contributed by atoms with E-state index in [0.717, 1.165) is 12.1 Å². The van der Waals surface area contributed by atoms with Crippen molar-refractivity contribution in [1.29, 1.82) is 0 Å². The van der Waals surface area contributed by atoms with E-state index in [-0.39, 0.29) is 24.8 Å². The van der Waals surface area contributed by atoms with Crippen molar-refractivity contribution in [3.63, 3.8) is 0 Å². The largest absolute Gasteiger partial charge is 0.465 e. The van der Waals surface area contributed by atoms with Crippen LogP contribution in [-0.2, 0) is 20.5 Å². The summed E-state index contributed by atoms with van der Waals surface area (Å²) in [6.07, 6.45) is -3.92. The van der Waals surface area contributed by atoms with E-state index >= 15 is 0 Å². The molecule has 7 heteroatoms. The molecule has 1 amide bonds. The summed E-state index contributed by atoms with van der Waals surface area (Å²) in [5.41, 5.74) is -0.675. The van der Waals surface area contributed by atoms with Crippen LogP contribution in [0.5, 0.6) is 0 Å². The average molecular weight is 329 g/mol. The number of esters is 1. The van der Waals surface area contributed by atoms with Crippen molar-refractivity contribution >= 4 is 17.6 Å². The topological polar surface area (TPSA) is 46.6 Å². The highest BCUT2D eigenvalue weighted by atomic mass is 19.4. The predicted octanol–water partition coefficient (Wildman–Crippen LogP) is 3.26. The SMILES string of the molecule is CCOC(=O)C1C(=O)N(c2cccc(C(F)(F)F)c2)CC1CC. The quantitative estimate of drug-likeness (QED) is 0.629. The second-order valence-corrected chi connectivity index (χ2v) is 5.39. The number of carbonyl (C=O) groups excluding carboxylic acids is 2. The summed E-state index contributed by atoms with van der Waals surface area (Å²) in [5, 5.41) is 0. The van der Waals surface area contributed by atoms with Gasteiger partial charge in [-0.2, -0.15) is 13.2 Å². The molecule has 1 aromatic carbocycles. The van der Waals surface area contributed by atoms with E-state index in [1.165, 1.54) is 17.0 Å². The molecule has 1 aliphatic rings. The number of halogens is 3. The molecule has 1 fully saturated rings. The molecule has 0 bridgehead atoms. The standard InChI is InChI=1S/C16H18F3NO3/c1-3-10-9-20(14(21)13(10)15(22)23-4-2)12-7-5-6-11(8-12)16(17,18)19/h5-8,10,13H,3-4,9H2,1-2H3. The molecule has 1 heterocycles. The molecule has 1 aliphatic heterocycles. The maximum atomic E-state index is 12.8. The summed E-state index contributed by atoms with van der Waals surface area (Å²) in [7, 11) is 0. The molecule has 0 spiro atoms. The maximum absolute atomic E-state index is 12.8.